The molecule has 130 valence electrons. The maximum Gasteiger partial charge on any atom is 0.323 e. The van der Waals surface area contributed by atoms with Crippen molar-refractivity contribution in [2.45, 2.75) is 6.92 Å². The van der Waals surface area contributed by atoms with E-state index in [0.717, 1.165) is 5.69 Å². The first kappa shape index (κ1) is 17.2. The molecule has 0 aliphatic carbocycles. The number of aryl methyl sites for hydroxylation is 1. The Morgan fingerprint density at radius 3 is 2.08 bits per heavy atom. The van der Waals surface area contributed by atoms with Crippen LogP contribution in [0, 0.1) is 6.92 Å². The van der Waals surface area contributed by atoms with Crippen molar-refractivity contribution >= 4 is 29.0 Å². The predicted molar refractivity (Wildman–Crippen MR) is 102 cm³/mol. The lowest BCUT2D eigenvalue weighted by Gasteiger charge is -2.10. The molecule has 0 unspecified atom stereocenters. The highest BCUT2D eigenvalue weighted by atomic mass is 16.2. The second kappa shape index (κ2) is 7.94. The number of benzene rings is 2. The van der Waals surface area contributed by atoms with E-state index in [0.29, 0.717) is 22.8 Å². The Balaban J connectivity index is 1.64. The Morgan fingerprint density at radius 2 is 1.35 bits per heavy atom. The van der Waals surface area contributed by atoms with Crippen LogP contribution in [0.4, 0.5) is 21.9 Å². The molecule has 0 fully saturated rings. The summed E-state index contributed by atoms with van der Waals surface area (Å²) in [4.78, 5) is 28.5. The van der Waals surface area contributed by atoms with Gasteiger partial charge in [-0.25, -0.2) is 9.78 Å². The molecule has 6 nitrogen and oxygen atoms in total. The number of carbonyl (C=O) groups excluding carboxylic acids is 2. The molecule has 2 aromatic carbocycles. The summed E-state index contributed by atoms with van der Waals surface area (Å²) in [5, 5.41) is 8.25. The van der Waals surface area contributed by atoms with Crippen LogP contribution in [0.2, 0.25) is 0 Å². The fourth-order valence-electron chi connectivity index (χ4n) is 2.35. The lowest BCUT2D eigenvalue weighted by Crippen LogP contribution is -2.19. The van der Waals surface area contributed by atoms with Crippen LogP contribution in [-0.2, 0) is 0 Å². The van der Waals surface area contributed by atoms with E-state index in [1.807, 2.05) is 31.2 Å². The third-order valence-corrected chi connectivity index (χ3v) is 3.53. The Labute approximate surface area is 151 Å². The molecule has 3 N–H and O–H groups in total. The van der Waals surface area contributed by atoms with Crippen LogP contribution in [0.25, 0.3) is 0 Å². The van der Waals surface area contributed by atoms with Gasteiger partial charge in [0.2, 0.25) is 0 Å². The van der Waals surface area contributed by atoms with E-state index in [-0.39, 0.29) is 11.9 Å². The Morgan fingerprint density at radius 1 is 0.731 bits per heavy atom. The lowest BCUT2D eigenvalue weighted by atomic mass is 10.2. The fraction of sp³-hybridized carbons (Fsp3) is 0.0500. The van der Waals surface area contributed by atoms with Crippen molar-refractivity contribution in [3.05, 3.63) is 84.2 Å². The zero-order chi connectivity index (χ0) is 18.4. The highest BCUT2D eigenvalue weighted by molar-refractivity contribution is 6.04. The van der Waals surface area contributed by atoms with Gasteiger partial charge in [-0.15, -0.1) is 0 Å². The van der Waals surface area contributed by atoms with Gasteiger partial charge in [0.05, 0.1) is 0 Å². The number of anilines is 3. The molecule has 3 aromatic rings. The van der Waals surface area contributed by atoms with Gasteiger partial charge in [0.25, 0.3) is 5.91 Å². The first-order valence-electron chi connectivity index (χ1n) is 8.08. The van der Waals surface area contributed by atoms with Gasteiger partial charge in [0.15, 0.2) is 0 Å². The average Bonchev–Trinajstić information content (AvgIpc) is 2.62. The van der Waals surface area contributed by atoms with Crippen molar-refractivity contribution in [2.75, 3.05) is 16.0 Å². The summed E-state index contributed by atoms with van der Waals surface area (Å²) in [5.41, 5.74) is 2.93. The Hall–Kier alpha value is -3.67. The van der Waals surface area contributed by atoms with Gasteiger partial charge in [0, 0.05) is 22.8 Å². The number of hydrogen-bond acceptors (Lipinski definition) is 3. The summed E-state index contributed by atoms with van der Waals surface area (Å²) in [6, 6.07) is 21.0. The van der Waals surface area contributed by atoms with E-state index in [4.69, 9.17) is 0 Å². The molecule has 26 heavy (non-hydrogen) atoms. The van der Waals surface area contributed by atoms with Gasteiger partial charge < -0.3 is 16.0 Å². The first-order chi connectivity index (χ1) is 12.6. The van der Waals surface area contributed by atoms with Crippen LogP contribution in [0.5, 0.6) is 0 Å². The third-order valence-electron chi connectivity index (χ3n) is 3.53. The zero-order valence-corrected chi connectivity index (χ0v) is 14.2. The van der Waals surface area contributed by atoms with Gasteiger partial charge in [-0.1, -0.05) is 30.3 Å². The van der Waals surface area contributed by atoms with E-state index in [2.05, 4.69) is 20.9 Å². The summed E-state index contributed by atoms with van der Waals surface area (Å²) < 4.78 is 0. The van der Waals surface area contributed by atoms with Crippen LogP contribution < -0.4 is 16.0 Å². The largest absolute Gasteiger partial charge is 0.323 e. The molecular weight excluding hydrogens is 328 g/mol. The summed E-state index contributed by atoms with van der Waals surface area (Å²) in [6.45, 7) is 1.83. The highest BCUT2D eigenvalue weighted by Gasteiger charge is 2.09. The van der Waals surface area contributed by atoms with Crippen LogP contribution in [0.3, 0.4) is 0 Å². The van der Waals surface area contributed by atoms with Gasteiger partial charge in [-0.2, -0.15) is 0 Å². The topological polar surface area (TPSA) is 83.1 Å². The highest BCUT2D eigenvalue weighted by Crippen LogP contribution is 2.16. The van der Waals surface area contributed by atoms with Crippen molar-refractivity contribution < 1.29 is 9.59 Å². The molecule has 0 saturated carbocycles. The SMILES string of the molecule is Cc1cccc(C(=O)Nc2cccc(NC(=O)Nc3ccccc3)c2)n1. The normalized spacial score (nSPS) is 10.0. The monoisotopic (exact) mass is 346 g/mol. The van der Waals surface area contributed by atoms with E-state index >= 15 is 0 Å². The van der Waals surface area contributed by atoms with Gasteiger partial charge in [0.1, 0.15) is 5.69 Å². The van der Waals surface area contributed by atoms with Crippen LogP contribution >= 0.6 is 0 Å². The van der Waals surface area contributed by atoms with E-state index in [9.17, 15) is 9.59 Å². The van der Waals surface area contributed by atoms with E-state index in [1.165, 1.54) is 0 Å². The number of nitrogens with one attached hydrogen (secondary N) is 3. The number of amides is 3. The summed E-state index contributed by atoms with van der Waals surface area (Å²) in [7, 11) is 0. The number of para-hydroxylation sites is 1. The van der Waals surface area contributed by atoms with Crippen LogP contribution in [0.15, 0.2) is 72.8 Å². The molecule has 0 saturated heterocycles. The molecule has 3 amide bonds. The van der Waals surface area contributed by atoms with Gasteiger partial charge in [-0.3, -0.25) is 4.79 Å². The Kier molecular flexibility index (Phi) is 5.24. The van der Waals surface area contributed by atoms with Gasteiger partial charge >= 0.3 is 6.03 Å². The second-order valence-electron chi connectivity index (χ2n) is 5.64. The molecule has 0 aliphatic rings. The zero-order valence-electron chi connectivity index (χ0n) is 14.2. The van der Waals surface area contributed by atoms with Crippen molar-refractivity contribution in [3.63, 3.8) is 0 Å². The quantitative estimate of drug-likeness (QED) is 0.659. The predicted octanol–water partition coefficient (Wildman–Crippen LogP) is 4.29. The maximum atomic E-state index is 12.3. The Bertz CT molecular complexity index is 926. The number of pyridine rings is 1. The summed E-state index contributed by atoms with van der Waals surface area (Å²) in [5.74, 6) is -0.306. The molecule has 0 bridgehead atoms. The minimum absolute atomic E-state index is 0.306. The third kappa shape index (κ3) is 4.67. The van der Waals surface area contributed by atoms with Crippen molar-refractivity contribution in [2.24, 2.45) is 0 Å². The summed E-state index contributed by atoms with van der Waals surface area (Å²) in [6.07, 6.45) is 0. The first-order valence-corrected chi connectivity index (χ1v) is 8.08. The molecule has 6 heteroatoms. The number of nitrogens with zero attached hydrogens (tertiary/aromatic N) is 1. The van der Waals surface area contributed by atoms with Crippen molar-refractivity contribution in [1.82, 2.24) is 4.98 Å². The smallest absolute Gasteiger partial charge is 0.321 e. The lowest BCUT2D eigenvalue weighted by molar-refractivity contribution is 0.102. The fourth-order valence-corrected chi connectivity index (χ4v) is 2.35. The summed E-state index contributed by atoms with van der Waals surface area (Å²) >= 11 is 0. The van der Waals surface area contributed by atoms with Crippen molar-refractivity contribution in [3.8, 4) is 0 Å². The average molecular weight is 346 g/mol. The van der Waals surface area contributed by atoms with Gasteiger partial charge in [-0.05, 0) is 49.4 Å². The number of aromatic nitrogens is 1. The molecular formula is C20H18N4O2. The number of carbonyl (C=O) groups is 2. The standard InChI is InChI=1S/C20H18N4O2/c1-14-7-5-12-18(21-14)19(25)22-16-10-6-11-17(13-16)24-20(26)23-15-8-3-2-4-9-15/h2-13H,1H3,(H,22,25)(H2,23,24,26). The minimum Gasteiger partial charge on any atom is -0.321 e. The number of hydrogen-bond donors (Lipinski definition) is 3. The van der Waals surface area contributed by atoms with Crippen LogP contribution in [-0.4, -0.2) is 16.9 Å². The molecule has 0 radical (unpaired) electrons. The molecule has 0 spiro atoms. The van der Waals surface area contributed by atoms with Crippen molar-refractivity contribution in [1.29, 1.82) is 0 Å². The molecule has 1 heterocycles. The van der Waals surface area contributed by atoms with E-state index < -0.39 is 0 Å². The second-order valence-corrected chi connectivity index (χ2v) is 5.64. The molecule has 0 atom stereocenters. The number of rotatable bonds is 4. The van der Waals surface area contributed by atoms with Crippen LogP contribution in [0.1, 0.15) is 16.2 Å². The minimum atomic E-state index is -0.361. The molecule has 1 aromatic heterocycles. The van der Waals surface area contributed by atoms with E-state index in [1.54, 1.807) is 48.5 Å². The molecule has 0 aliphatic heterocycles. The maximum absolute atomic E-state index is 12.3. The molecule has 3 rings (SSSR count). The number of urea groups is 1.